The first-order chi connectivity index (χ1) is 13.5. The Hall–Kier alpha value is -1.91. The van der Waals surface area contributed by atoms with Crippen LogP contribution in [0.25, 0.3) is 11.0 Å². The lowest BCUT2D eigenvalue weighted by Gasteiger charge is -2.56. The minimum atomic E-state index is 0.0292. The lowest BCUT2D eigenvalue weighted by atomic mass is 9.53. The van der Waals surface area contributed by atoms with E-state index >= 15 is 0 Å². The molecule has 4 aliphatic rings. The fourth-order valence-electron chi connectivity index (χ4n) is 6.69. The van der Waals surface area contributed by atoms with Crippen LogP contribution in [0, 0.1) is 31.6 Å². The molecule has 4 bridgehead atoms. The van der Waals surface area contributed by atoms with Crippen molar-refractivity contribution in [2.45, 2.75) is 84.2 Å². The zero-order chi connectivity index (χ0) is 19.5. The number of aromatic nitrogens is 3. The largest absolute Gasteiger partial charge is 0.347 e. The number of aryl methyl sites for hydroxylation is 3. The van der Waals surface area contributed by atoms with Gasteiger partial charge < -0.3 is 5.32 Å². The van der Waals surface area contributed by atoms with Gasteiger partial charge in [-0.3, -0.25) is 4.79 Å². The Morgan fingerprint density at radius 2 is 1.82 bits per heavy atom. The van der Waals surface area contributed by atoms with Gasteiger partial charge in [0.15, 0.2) is 5.65 Å². The number of hydrogen-bond donors (Lipinski definition) is 1. The Morgan fingerprint density at radius 1 is 1.18 bits per heavy atom. The molecule has 2 aromatic rings. The molecule has 0 spiro atoms. The summed E-state index contributed by atoms with van der Waals surface area (Å²) in [6.45, 7) is 7.02. The van der Waals surface area contributed by atoms with E-state index in [0.29, 0.717) is 0 Å². The number of nitrogens with one attached hydrogen (secondary N) is 1. The average Bonchev–Trinajstić information content (AvgIpc) is 2.93. The predicted molar refractivity (Wildman–Crippen MR) is 110 cm³/mol. The number of fused-ring (bicyclic) bond motifs is 1. The highest BCUT2D eigenvalue weighted by molar-refractivity contribution is 6.06. The van der Waals surface area contributed by atoms with Crippen LogP contribution >= 0.6 is 0 Å². The second kappa shape index (κ2) is 6.57. The summed E-state index contributed by atoms with van der Waals surface area (Å²) in [5.41, 5.74) is 3.46. The molecule has 1 N–H and O–H groups in total. The molecule has 0 radical (unpaired) electrons. The van der Waals surface area contributed by atoms with Crippen LogP contribution in [0.15, 0.2) is 6.07 Å². The number of amides is 1. The Bertz CT molecular complexity index is 893. The molecule has 5 nitrogen and oxygen atoms in total. The molecule has 5 heteroatoms. The van der Waals surface area contributed by atoms with E-state index in [4.69, 9.17) is 10.1 Å². The summed E-state index contributed by atoms with van der Waals surface area (Å²) in [4.78, 5) is 18.2. The molecule has 1 amide bonds. The fraction of sp³-hybridized carbons (Fsp3) is 0.696. The maximum absolute atomic E-state index is 13.5. The van der Waals surface area contributed by atoms with Crippen LogP contribution in [0.1, 0.15) is 80.0 Å². The lowest BCUT2D eigenvalue weighted by Crippen LogP contribution is -2.59. The summed E-state index contributed by atoms with van der Waals surface area (Å²) in [5, 5.41) is 9.18. The van der Waals surface area contributed by atoms with Crippen molar-refractivity contribution in [3.63, 3.8) is 0 Å². The highest BCUT2D eigenvalue weighted by Crippen LogP contribution is 2.55. The van der Waals surface area contributed by atoms with Gasteiger partial charge in [0.2, 0.25) is 0 Å². The molecule has 4 fully saturated rings. The van der Waals surface area contributed by atoms with Crippen molar-refractivity contribution in [2.24, 2.45) is 17.8 Å². The molecule has 6 rings (SSSR count). The minimum absolute atomic E-state index is 0.0292. The molecule has 0 unspecified atom stereocenters. The number of rotatable bonds is 5. The van der Waals surface area contributed by atoms with Gasteiger partial charge in [0.1, 0.15) is 0 Å². The third-order valence-electron chi connectivity index (χ3n) is 7.39. The molecule has 0 saturated heterocycles. The van der Waals surface area contributed by atoms with Crippen molar-refractivity contribution in [1.82, 2.24) is 20.1 Å². The number of hydrogen-bond acceptors (Lipinski definition) is 3. The van der Waals surface area contributed by atoms with Gasteiger partial charge in [0, 0.05) is 17.8 Å². The summed E-state index contributed by atoms with van der Waals surface area (Å²) in [7, 11) is 0. The Balaban J connectivity index is 1.49. The summed E-state index contributed by atoms with van der Waals surface area (Å²) in [6, 6.07) is 1.96. The van der Waals surface area contributed by atoms with Crippen molar-refractivity contribution >= 4 is 16.9 Å². The van der Waals surface area contributed by atoms with Gasteiger partial charge in [-0.25, -0.2) is 9.67 Å². The van der Waals surface area contributed by atoms with Crippen LogP contribution in [-0.4, -0.2) is 26.2 Å². The fourth-order valence-corrected chi connectivity index (χ4v) is 6.69. The van der Waals surface area contributed by atoms with Crippen LogP contribution < -0.4 is 5.32 Å². The molecule has 0 aromatic carbocycles. The van der Waals surface area contributed by atoms with E-state index in [2.05, 4.69) is 12.2 Å². The summed E-state index contributed by atoms with van der Waals surface area (Å²) >= 11 is 0. The Kier molecular flexibility index (Phi) is 4.25. The summed E-state index contributed by atoms with van der Waals surface area (Å²) in [5.74, 6) is 2.55. The zero-order valence-corrected chi connectivity index (χ0v) is 17.4. The van der Waals surface area contributed by atoms with E-state index < -0.39 is 0 Å². The maximum Gasteiger partial charge on any atom is 0.252 e. The Morgan fingerprint density at radius 3 is 2.43 bits per heavy atom. The molecule has 150 valence electrons. The molecular formula is C23H32N4O. The van der Waals surface area contributed by atoms with Gasteiger partial charge in [-0.15, -0.1) is 0 Å². The van der Waals surface area contributed by atoms with Gasteiger partial charge in [-0.2, -0.15) is 5.10 Å². The molecule has 28 heavy (non-hydrogen) atoms. The first-order valence-electron chi connectivity index (χ1n) is 11.1. The predicted octanol–water partition coefficient (Wildman–Crippen LogP) is 4.55. The van der Waals surface area contributed by atoms with E-state index in [0.717, 1.165) is 65.1 Å². The number of pyridine rings is 1. The third-order valence-corrected chi connectivity index (χ3v) is 7.39. The van der Waals surface area contributed by atoms with Gasteiger partial charge in [0.05, 0.1) is 16.6 Å². The monoisotopic (exact) mass is 380 g/mol. The lowest BCUT2D eigenvalue weighted by molar-refractivity contribution is -0.0166. The standard InChI is InChI=1S/C23H32N4O/c1-4-5-6-27-21-20(15(3)26-27)19(7-14(2)24-21)22(28)25-23-11-16-8-17(12-23)10-18(9-16)13-23/h7,16-18H,4-6,8-13H2,1-3H3,(H,25,28). The highest BCUT2D eigenvalue weighted by Gasteiger charge is 2.51. The van der Waals surface area contributed by atoms with Gasteiger partial charge >= 0.3 is 0 Å². The van der Waals surface area contributed by atoms with Gasteiger partial charge in [0.25, 0.3) is 5.91 Å². The van der Waals surface area contributed by atoms with Crippen LogP contribution in [0.5, 0.6) is 0 Å². The van der Waals surface area contributed by atoms with E-state index in [1.807, 2.05) is 24.6 Å². The third kappa shape index (κ3) is 2.94. The van der Waals surface area contributed by atoms with Crippen molar-refractivity contribution in [1.29, 1.82) is 0 Å². The van der Waals surface area contributed by atoms with Gasteiger partial charge in [-0.1, -0.05) is 13.3 Å². The zero-order valence-electron chi connectivity index (χ0n) is 17.4. The van der Waals surface area contributed by atoms with Crippen LogP contribution in [0.4, 0.5) is 0 Å². The number of nitrogens with zero attached hydrogens (tertiary/aromatic N) is 3. The number of carbonyl (C=O) groups excluding carboxylic acids is 1. The number of carbonyl (C=O) groups is 1. The molecule has 2 aromatic heterocycles. The van der Waals surface area contributed by atoms with E-state index in [-0.39, 0.29) is 11.4 Å². The first-order valence-corrected chi connectivity index (χ1v) is 11.1. The summed E-state index contributed by atoms with van der Waals surface area (Å²) in [6.07, 6.45) is 9.86. The van der Waals surface area contributed by atoms with E-state index in [9.17, 15) is 4.79 Å². The minimum Gasteiger partial charge on any atom is -0.347 e. The SMILES string of the molecule is CCCCn1nc(C)c2c(C(=O)NC34CC5CC(CC(C5)C3)C4)cc(C)nc21. The van der Waals surface area contributed by atoms with Crippen molar-refractivity contribution in [3.05, 3.63) is 23.0 Å². The second-order valence-electron chi connectivity index (χ2n) is 9.82. The number of unbranched alkanes of at least 4 members (excludes halogenated alkanes) is 1. The van der Waals surface area contributed by atoms with Crippen molar-refractivity contribution in [3.8, 4) is 0 Å². The average molecular weight is 381 g/mol. The van der Waals surface area contributed by atoms with Crippen LogP contribution in [0.3, 0.4) is 0 Å². The van der Waals surface area contributed by atoms with Crippen molar-refractivity contribution in [2.75, 3.05) is 0 Å². The smallest absolute Gasteiger partial charge is 0.252 e. The topological polar surface area (TPSA) is 59.8 Å². The first kappa shape index (κ1) is 18.1. The quantitative estimate of drug-likeness (QED) is 0.828. The molecule has 4 saturated carbocycles. The molecule has 0 atom stereocenters. The van der Waals surface area contributed by atoms with E-state index in [1.165, 1.54) is 38.5 Å². The normalized spacial score (nSPS) is 30.9. The second-order valence-corrected chi connectivity index (χ2v) is 9.82. The maximum atomic E-state index is 13.5. The van der Waals surface area contributed by atoms with Gasteiger partial charge in [-0.05, 0) is 82.6 Å². The van der Waals surface area contributed by atoms with Crippen molar-refractivity contribution < 1.29 is 4.79 Å². The van der Waals surface area contributed by atoms with Crippen LogP contribution in [-0.2, 0) is 6.54 Å². The van der Waals surface area contributed by atoms with E-state index in [1.54, 1.807) is 0 Å². The Labute approximate surface area is 167 Å². The molecule has 2 heterocycles. The molecule has 4 aliphatic carbocycles. The summed E-state index contributed by atoms with van der Waals surface area (Å²) < 4.78 is 1.99. The molecular weight excluding hydrogens is 348 g/mol. The highest BCUT2D eigenvalue weighted by atomic mass is 16.1. The van der Waals surface area contributed by atoms with Crippen LogP contribution in [0.2, 0.25) is 0 Å². The molecule has 0 aliphatic heterocycles.